The first-order valence-corrected chi connectivity index (χ1v) is 8.10. The lowest BCUT2D eigenvalue weighted by molar-refractivity contribution is -0.116. The third kappa shape index (κ3) is 4.06. The minimum Gasteiger partial charge on any atom is -0.453 e. The lowest BCUT2D eigenvalue weighted by Crippen LogP contribution is -2.14. The third-order valence-corrected chi connectivity index (χ3v) is 3.81. The molecule has 9 heteroatoms. The molecular formula is C17H19N5O4. The Labute approximate surface area is 149 Å². The van der Waals surface area contributed by atoms with Gasteiger partial charge in [-0.3, -0.25) is 10.1 Å². The second kappa shape index (κ2) is 7.79. The molecule has 1 aliphatic heterocycles. The topological polar surface area (TPSA) is 132 Å². The van der Waals surface area contributed by atoms with E-state index in [1.54, 1.807) is 18.2 Å². The van der Waals surface area contributed by atoms with E-state index >= 15 is 0 Å². The summed E-state index contributed by atoms with van der Waals surface area (Å²) < 4.78 is 10.2. The Morgan fingerprint density at radius 3 is 3.04 bits per heavy atom. The zero-order valence-electron chi connectivity index (χ0n) is 14.2. The summed E-state index contributed by atoms with van der Waals surface area (Å²) in [5.74, 6) is 0.380. The molecule has 2 heterocycles. The van der Waals surface area contributed by atoms with E-state index in [0.717, 1.165) is 0 Å². The van der Waals surface area contributed by atoms with Crippen LogP contribution < -0.4 is 16.4 Å². The zero-order valence-corrected chi connectivity index (χ0v) is 14.2. The zero-order chi connectivity index (χ0) is 18.5. The first kappa shape index (κ1) is 17.6. The fourth-order valence-electron chi connectivity index (χ4n) is 2.46. The highest BCUT2D eigenvalue weighted by Crippen LogP contribution is 2.31. The first-order valence-electron chi connectivity index (χ1n) is 8.10. The van der Waals surface area contributed by atoms with Crippen molar-refractivity contribution >= 4 is 23.4 Å². The lowest BCUT2D eigenvalue weighted by Gasteiger charge is -2.11. The summed E-state index contributed by atoms with van der Waals surface area (Å²) in [4.78, 5) is 23.6. The minimum absolute atomic E-state index is 0.172. The molecule has 3 rings (SSSR count). The predicted octanol–water partition coefficient (Wildman–Crippen LogP) is 2.59. The molecule has 2 bridgehead atoms. The third-order valence-electron chi connectivity index (χ3n) is 3.81. The molecule has 0 saturated heterocycles. The molecule has 0 spiro atoms. The Morgan fingerprint density at radius 1 is 1.38 bits per heavy atom. The van der Waals surface area contributed by atoms with Crippen molar-refractivity contribution in [1.82, 2.24) is 10.2 Å². The van der Waals surface area contributed by atoms with Crippen LogP contribution in [0.2, 0.25) is 0 Å². The van der Waals surface area contributed by atoms with Crippen molar-refractivity contribution in [3.8, 4) is 11.5 Å². The van der Waals surface area contributed by atoms with Gasteiger partial charge in [-0.15, -0.1) is 10.2 Å². The fraction of sp³-hybridized carbons (Fsp3) is 0.294. The molecule has 1 aromatic carbocycles. The number of methoxy groups -OCH3 is 1. The summed E-state index contributed by atoms with van der Waals surface area (Å²) in [7, 11) is 1.27. The highest BCUT2D eigenvalue weighted by Gasteiger charge is 2.19. The summed E-state index contributed by atoms with van der Waals surface area (Å²) in [6.45, 7) is 0. The molecule has 0 saturated carbocycles. The average Bonchev–Trinajstić information content (AvgIpc) is 3.11. The number of hydrogen-bond donors (Lipinski definition) is 3. The maximum absolute atomic E-state index is 12.2. The number of ether oxygens (including phenoxy) is 1. The SMILES string of the molecule is COC(=O)Nc1ccc2c(c1)NC(=O)CC/C=C\C[C@H](N)c1nnc-2o1. The van der Waals surface area contributed by atoms with Crippen LogP contribution in [0.25, 0.3) is 11.5 Å². The molecule has 136 valence electrons. The Kier molecular flexibility index (Phi) is 5.28. The van der Waals surface area contributed by atoms with E-state index < -0.39 is 12.1 Å². The number of benzene rings is 1. The summed E-state index contributed by atoms with van der Waals surface area (Å²) in [5, 5.41) is 13.4. The number of anilines is 2. The van der Waals surface area contributed by atoms with Crippen molar-refractivity contribution in [1.29, 1.82) is 0 Å². The summed E-state index contributed by atoms with van der Waals surface area (Å²) >= 11 is 0. The number of nitrogens with zero attached hydrogens (tertiary/aromatic N) is 2. The summed E-state index contributed by atoms with van der Waals surface area (Å²) in [5.41, 5.74) is 7.48. The van der Waals surface area contributed by atoms with Crippen LogP contribution in [-0.2, 0) is 9.53 Å². The highest BCUT2D eigenvalue weighted by molar-refractivity contribution is 5.96. The van der Waals surface area contributed by atoms with E-state index in [0.29, 0.717) is 42.1 Å². The highest BCUT2D eigenvalue weighted by atomic mass is 16.5. The quantitative estimate of drug-likeness (QED) is 0.668. The number of fused-ring (bicyclic) bond motifs is 4. The molecule has 2 aromatic rings. The van der Waals surface area contributed by atoms with Gasteiger partial charge in [0.1, 0.15) is 0 Å². The number of allylic oxidation sites excluding steroid dienone is 1. The van der Waals surface area contributed by atoms with Crippen molar-refractivity contribution in [2.45, 2.75) is 25.3 Å². The van der Waals surface area contributed by atoms with Crippen LogP contribution >= 0.6 is 0 Å². The van der Waals surface area contributed by atoms with Gasteiger partial charge in [-0.1, -0.05) is 12.2 Å². The number of nitrogens with two attached hydrogens (primary N) is 1. The number of carbonyl (C=O) groups excluding carboxylic acids is 2. The fourth-order valence-corrected chi connectivity index (χ4v) is 2.46. The number of amides is 2. The second-order valence-corrected chi connectivity index (χ2v) is 5.72. The molecule has 9 nitrogen and oxygen atoms in total. The van der Waals surface area contributed by atoms with Gasteiger partial charge in [-0.2, -0.15) is 0 Å². The van der Waals surface area contributed by atoms with Gasteiger partial charge in [-0.25, -0.2) is 4.79 Å². The molecule has 1 aliphatic rings. The van der Waals surface area contributed by atoms with Crippen molar-refractivity contribution in [2.24, 2.45) is 5.73 Å². The number of hydrogen-bond acceptors (Lipinski definition) is 7. The number of nitrogens with one attached hydrogen (secondary N) is 2. The monoisotopic (exact) mass is 357 g/mol. The van der Waals surface area contributed by atoms with Gasteiger partial charge in [0.05, 0.1) is 24.4 Å². The Hall–Kier alpha value is -3.20. The van der Waals surface area contributed by atoms with Crippen LogP contribution in [0.15, 0.2) is 34.8 Å². The van der Waals surface area contributed by atoms with Crippen LogP contribution in [0.1, 0.15) is 31.2 Å². The Bertz CT molecular complexity index is 845. The molecule has 1 aromatic heterocycles. The van der Waals surface area contributed by atoms with E-state index in [2.05, 4.69) is 25.6 Å². The van der Waals surface area contributed by atoms with Crippen molar-refractivity contribution in [3.63, 3.8) is 0 Å². The van der Waals surface area contributed by atoms with Crippen molar-refractivity contribution < 1.29 is 18.7 Å². The van der Waals surface area contributed by atoms with Crippen LogP contribution in [0.5, 0.6) is 0 Å². The molecule has 2 amide bonds. The van der Waals surface area contributed by atoms with Gasteiger partial charge in [-0.05, 0) is 31.0 Å². The van der Waals surface area contributed by atoms with Crippen molar-refractivity contribution in [2.75, 3.05) is 17.7 Å². The van der Waals surface area contributed by atoms with Gasteiger partial charge < -0.3 is 20.2 Å². The van der Waals surface area contributed by atoms with Crippen LogP contribution in [0.3, 0.4) is 0 Å². The van der Waals surface area contributed by atoms with E-state index in [1.807, 2.05) is 12.2 Å². The van der Waals surface area contributed by atoms with E-state index in [9.17, 15) is 9.59 Å². The van der Waals surface area contributed by atoms with Gasteiger partial charge >= 0.3 is 6.09 Å². The summed E-state index contributed by atoms with van der Waals surface area (Å²) in [6.07, 6.45) is 4.61. The van der Waals surface area contributed by atoms with E-state index in [4.69, 9.17) is 10.2 Å². The predicted molar refractivity (Wildman–Crippen MR) is 94.3 cm³/mol. The normalized spacial score (nSPS) is 18.4. The van der Waals surface area contributed by atoms with Gasteiger partial charge in [0.15, 0.2) is 0 Å². The molecule has 0 unspecified atom stereocenters. The average molecular weight is 357 g/mol. The Morgan fingerprint density at radius 2 is 2.23 bits per heavy atom. The van der Waals surface area contributed by atoms with Gasteiger partial charge in [0, 0.05) is 12.1 Å². The van der Waals surface area contributed by atoms with Crippen LogP contribution in [0.4, 0.5) is 16.2 Å². The number of aromatic nitrogens is 2. The maximum atomic E-state index is 12.2. The minimum atomic E-state index is -0.614. The van der Waals surface area contributed by atoms with Gasteiger partial charge in [0.2, 0.25) is 17.7 Å². The van der Waals surface area contributed by atoms with E-state index in [1.165, 1.54) is 7.11 Å². The molecule has 0 aliphatic carbocycles. The van der Waals surface area contributed by atoms with Crippen molar-refractivity contribution in [3.05, 3.63) is 36.2 Å². The van der Waals surface area contributed by atoms with E-state index in [-0.39, 0.29) is 11.8 Å². The molecular weight excluding hydrogens is 338 g/mol. The second-order valence-electron chi connectivity index (χ2n) is 5.72. The first-order chi connectivity index (χ1) is 12.6. The van der Waals surface area contributed by atoms with Crippen LogP contribution in [0, 0.1) is 0 Å². The maximum Gasteiger partial charge on any atom is 0.411 e. The van der Waals surface area contributed by atoms with Crippen LogP contribution in [-0.4, -0.2) is 29.3 Å². The molecule has 0 fully saturated rings. The molecule has 1 atom stereocenters. The smallest absolute Gasteiger partial charge is 0.411 e. The summed E-state index contributed by atoms with van der Waals surface area (Å²) in [6, 6.07) is 4.50. The Balaban J connectivity index is 2.00. The largest absolute Gasteiger partial charge is 0.453 e. The standard InChI is InChI=1S/C17H19N5O4/c1-25-17(24)19-10-7-8-11-13(9-10)20-14(23)6-4-2-3-5-12(18)16-22-21-15(11)26-16/h2-3,7-9,12H,4-6,18H2,1H3,(H,19,24)(H,20,23)/b3-2-/t12-/m0/s1. The molecule has 0 radical (unpaired) electrons. The van der Waals surface area contributed by atoms with Gasteiger partial charge in [0.25, 0.3) is 0 Å². The molecule has 26 heavy (non-hydrogen) atoms. The number of carbonyl (C=O) groups is 2. The number of rotatable bonds is 1. The lowest BCUT2D eigenvalue weighted by atomic mass is 10.1. The molecule has 4 N–H and O–H groups in total.